The van der Waals surface area contributed by atoms with Gasteiger partial charge >= 0.3 is 0 Å². The number of hydrogen-bond acceptors (Lipinski definition) is 3. The quantitative estimate of drug-likeness (QED) is 0.729. The van der Waals surface area contributed by atoms with Crippen molar-refractivity contribution >= 4 is 12.6 Å². The Bertz CT molecular complexity index is 313. The molecule has 2 nitrogen and oxygen atoms in total. The fourth-order valence-corrected chi connectivity index (χ4v) is 1.95. The van der Waals surface area contributed by atoms with E-state index in [9.17, 15) is 0 Å². The SMILES string of the molecule is CC(C)(CS)CN(CCO)Cc1ccccc1. The molecule has 0 aliphatic heterocycles. The van der Waals surface area contributed by atoms with Crippen LogP contribution in [0.25, 0.3) is 0 Å². The van der Waals surface area contributed by atoms with Crippen molar-refractivity contribution in [1.82, 2.24) is 4.90 Å². The summed E-state index contributed by atoms with van der Waals surface area (Å²) in [6.45, 7) is 7.16. The molecule has 0 saturated carbocycles. The van der Waals surface area contributed by atoms with E-state index in [2.05, 4.69) is 55.6 Å². The van der Waals surface area contributed by atoms with Crippen LogP contribution in [0.3, 0.4) is 0 Å². The smallest absolute Gasteiger partial charge is 0.0558 e. The van der Waals surface area contributed by atoms with E-state index in [1.165, 1.54) is 5.56 Å². The molecule has 1 aromatic carbocycles. The van der Waals surface area contributed by atoms with Crippen LogP contribution in [0.5, 0.6) is 0 Å². The molecule has 1 N–H and O–H groups in total. The fourth-order valence-electron chi connectivity index (χ4n) is 1.85. The average Bonchev–Trinajstić information content (AvgIpc) is 2.30. The molecule has 96 valence electrons. The van der Waals surface area contributed by atoms with Gasteiger partial charge in [0.25, 0.3) is 0 Å². The minimum Gasteiger partial charge on any atom is -0.395 e. The molecule has 0 amide bonds. The van der Waals surface area contributed by atoms with E-state index >= 15 is 0 Å². The summed E-state index contributed by atoms with van der Waals surface area (Å²) in [5.74, 6) is 0.851. The second-order valence-corrected chi connectivity index (χ2v) is 5.56. The first kappa shape index (κ1) is 14.6. The average molecular weight is 253 g/mol. The molecule has 17 heavy (non-hydrogen) atoms. The van der Waals surface area contributed by atoms with Gasteiger partial charge in [0.15, 0.2) is 0 Å². The Hall–Kier alpha value is -0.510. The molecular weight excluding hydrogens is 230 g/mol. The van der Waals surface area contributed by atoms with E-state index < -0.39 is 0 Å². The maximum absolute atomic E-state index is 9.12. The lowest BCUT2D eigenvalue weighted by Gasteiger charge is -2.31. The van der Waals surface area contributed by atoms with Crippen molar-refractivity contribution in [2.45, 2.75) is 20.4 Å². The minimum atomic E-state index is 0.174. The predicted octanol–water partition coefficient (Wildman–Crippen LogP) is 2.44. The fraction of sp³-hybridized carbons (Fsp3) is 0.571. The van der Waals surface area contributed by atoms with Crippen LogP contribution < -0.4 is 0 Å². The number of thiol groups is 1. The third-order valence-corrected chi connectivity index (χ3v) is 3.60. The van der Waals surface area contributed by atoms with E-state index in [0.717, 1.165) is 18.8 Å². The molecule has 3 heteroatoms. The minimum absolute atomic E-state index is 0.174. The van der Waals surface area contributed by atoms with Gasteiger partial charge < -0.3 is 5.11 Å². The Morgan fingerprint density at radius 3 is 2.41 bits per heavy atom. The summed E-state index contributed by atoms with van der Waals surface area (Å²) in [5.41, 5.74) is 1.46. The van der Waals surface area contributed by atoms with Crippen LogP contribution in [-0.2, 0) is 6.54 Å². The first-order valence-corrected chi connectivity index (χ1v) is 6.68. The monoisotopic (exact) mass is 253 g/mol. The Labute approximate surface area is 110 Å². The Morgan fingerprint density at radius 2 is 1.88 bits per heavy atom. The highest BCUT2D eigenvalue weighted by Gasteiger charge is 2.20. The van der Waals surface area contributed by atoms with Crippen LogP contribution in [-0.4, -0.2) is 35.5 Å². The Balaban J connectivity index is 2.60. The van der Waals surface area contributed by atoms with E-state index in [1.54, 1.807) is 0 Å². The number of aliphatic hydroxyl groups is 1. The van der Waals surface area contributed by atoms with E-state index in [1.807, 2.05) is 6.07 Å². The van der Waals surface area contributed by atoms with Gasteiger partial charge in [0.1, 0.15) is 0 Å². The van der Waals surface area contributed by atoms with Crippen molar-refractivity contribution in [3.05, 3.63) is 35.9 Å². The van der Waals surface area contributed by atoms with Gasteiger partial charge in [0, 0.05) is 19.6 Å². The summed E-state index contributed by atoms with van der Waals surface area (Å²) < 4.78 is 0. The highest BCUT2D eigenvalue weighted by atomic mass is 32.1. The second kappa shape index (κ2) is 7.04. The van der Waals surface area contributed by atoms with Crippen LogP contribution in [0.2, 0.25) is 0 Å². The van der Waals surface area contributed by atoms with Gasteiger partial charge in [-0.15, -0.1) is 0 Å². The molecule has 1 rings (SSSR count). The molecule has 0 bridgehead atoms. The first-order chi connectivity index (χ1) is 8.07. The standard InChI is InChI=1S/C14H23NOS/c1-14(2,12-17)11-15(8-9-16)10-13-6-4-3-5-7-13/h3-7,16-17H,8-12H2,1-2H3. The lowest BCUT2D eigenvalue weighted by molar-refractivity contribution is 0.148. The summed E-state index contributed by atoms with van der Waals surface area (Å²) >= 11 is 4.38. The van der Waals surface area contributed by atoms with Gasteiger partial charge in [0.05, 0.1) is 6.61 Å². The van der Waals surface area contributed by atoms with Crippen LogP contribution in [0.4, 0.5) is 0 Å². The highest BCUT2D eigenvalue weighted by Crippen LogP contribution is 2.19. The van der Waals surface area contributed by atoms with E-state index in [-0.39, 0.29) is 12.0 Å². The third-order valence-electron chi connectivity index (χ3n) is 2.74. The number of rotatable bonds is 7. The topological polar surface area (TPSA) is 23.5 Å². The van der Waals surface area contributed by atoms with Gasteiger partial charge in [-0.25, -0.2) is 0 Å². The first-order valence-electron chi connectivity index (χ1n) is 6.05. The highest BCUT2D eigenvalue weighted by molar-refractivity contribution is 7.80. The molecule has 1 aromatic rings. The molecule has 0 atom stereocenters. The summed E-state index contributed by atoms with van der Waals surface area (Å²) in [5, 5.41) is 9.12. The second-order valence-electron chi connectivity index (χ2n) is 5.24. The van der Waals surface area contributed by atoms with Crippen molar-refractivity contribution in [3.63, 3.8) is 0 Å². The van der Waals surface area contributed by atoms with Gasteiger partial charge in [-0.3, -0.25) is 4.90 Å². The van der Waals surface area contributed by atoms with Crippen molar-refractivity contribution in [2.24, 2.45) is 5.41 Å². The molecule has 0 aromatic heterocycles. The molecule has 0 aliphatic carbocycles. The largest absolute Gasteiger partial charge is 0.395 e. The summed E-state index contributed by atoms with van der Waals surface area (Å²) in [4.78, 5) is 2.28. The van der Waals surface area contributed by atoms with Gasteiger partial charge in [-0.2, -0.15) is 12.6 Å². The molecular formula is C14H23NOS. The summed E-state index contributed by atoms with van der Waals surface area (Å²) in [6.07, 6.45) is 0. The number of benzene rings is 1. The van der Waals surface area contributed by atoms with E-state index in [0.29, 0.717) is 6.54 Å². The van der Waals surface area contributed by atoms with Gasteiger partial charge in [-0.1, -0.05) is 44.2 Å². The number of hydrogen-bond donors (Lipinski definition) is 2. The normalized spacial score (nSPS) is 12.1. The number of aliphatic hydroxyl groups excluding tert-OH is 1. The van der Waals surface area contributed by atoms with Crippen molar-refractivity contribution in [3.8, 4) is 0 Å². The van der Waals surface area contributed by atoms with Crippen LogP contribution >= 0.6 is 12.6 Å². The molecule has 0 heterocycles. The number of nitrogens with zero attached hydrogens (tertiary/aromatic N) is 1. The lowest BCUT2D eigenvalue weighted by Crippen LogP contribution is -2.36. The predicted molar refractivity (Wildman–Crippen MR) is 76.4 cm³/mol. The lowest BCUT2D eigenvalue weighted by atomic mass is 9.95. The molecule has 0 fully saturated rings. The molecule has 0 unspecified atom stereocenters. The molecule has 0 saturated heterocycles. The maximum Gasteiger partial charge on any atom is 0.0558 e. The van der Waals surface area contributed by atoms with Crippen LogP contribution in [0.1, 0.15) is 19.4 Å². The Morgan fingerprint density at radius 1 is 1.24 bits per heavy atom. The zero-order valence-corrected chi connectivity index (χ0v) is 11.7. The maximum atomic E-state index is 9.12. The van der Waals surface area contributed by atoms with Crippen LogP contribution in [0.15, 0.2) is 30.3 Å². The molecule has 0 radical (unpaired) electrons. The molecule has 0 aliphatic rings. The van der Waals surface area contributed by atoms with Crippen LogP contribution in [0, 0.1) is 5.41 Å². The summed E-state index contributed by atoms with van der Waals surface area (Å²) in [6, 6.07) is 10.4. The zero-order valence-electron chi connectivity index (χ0n) is 10.8. The van der Waals surface area contributed by atoms with Crippen molar-refractivity contribution in [1.29, 1.82) is 0 Å². The van der Waals surface area contributed by atoms with E-state index in [4.69, 9.17) is 5.11 Å². The molecule has 0 spiro atoms. The van der Waals surface area contributed by atoms with Crippen molar-refractivity contribution < 1.29 is 5.11 Å². The zero-order chi connectivity index (χ0) is 12.7. The summed E-state index contributed by atoms with van der Waals surface area (Å²) in [7, 11) is 0. The Kier molecular flexibility index (Phi) is 6.03. The van der Waals surface area contributed by atoms with Gasteiger partial charge in [-0.05, 0) is 16.7 Å². The van der Waals surface area contributed by atoms with Gasteiger partial charge in [0.2, 0.25) is 0 Å². The third kappa shape index (κ3) is 5.57. The van der Waals surface area contributed by atoms with Crippen molar-refractivity contribution in [2.75, 3.05) is 25.4 Å².